The highest BCUT2D eigenvalue weighted by Crippen LogP contribution is 2.29. The summed E-state index contributed by atoms with van der Waals surface area (Å²) in [6, 6.07) is 0. The van der Waals surface area contributed by atoms with Crippen LogP contribution in [0, 0.1) is 5.92 Å². The van der Waals surface area contributed by atoms with Crippen LogP contribution in [0.4, 0.5) is 5.13 Å². The Labute approximate surface area is 132 Å². The van der Waals surface area contributed by atoms with Gasteiger partial charge in [-0.25, -0.2) is 9.78 Å². The fourth-order valence-electron chi connectivity index (χ4n) is 2.09. The number of thiazole rings is 1. The molecule has 1 aromatic heterocycles. The monoisotopic (exact) mass is 326 g/mol. The third kappa shape index (κ3) is 4.57. The van der Waals surface area contributed by atoms with E-state index in [-0.39, 0.29) is 11.9 Å². The standard InChI is InChI=1S/C14H18N2O3S2/c1-9(17)15-14-16-12(8-21-14)11(13(18)19-2)7-10-3-5-20-6-4-10/h7-8,10H,3-6H2,1-2H3,(H,15,16,17)/b11-7-. The van der Waals surface area contributed by atoms with Crippen molar-refractivity contribution in [2.24, 2.45) is 5.92 Å². The number of hydrogen-bond donors (Lipinski definition) is 1. The molecule has 0 aliphatic carbocycles. The van der Waals surface area contributed by atoms with Crippen LogP contribution in [-0.2, 0) is 14.3 Å². The summed E-state index contributed by atoms with van der Waals surface area (Å²) in [5.74, 6) is 2.05. The van der Waals surface area contributed by atoms with Crippen molar-refractivity contribution >= 4 is 45.7 Å². The first kappa shape index (κ1) is 16.0. The lowest BCUT2D eigenvalue weighted by molar-refractivity contribution is -0.133. The van der Waals surface area contributed by atoms with Gasteiger partial charge in [-0.2, -0.15) is 11.8 Å². The van der Waals surface area contributed by atoms with Crippen LogP contribution in [0.25, 0.3) is 5.57 Å². The van der Waals surface area contributed by atoms with Crippen LogP contribution in [0.15, 0.2) is 11.5 Å². The second-order valence-electron chi connectivity index (χ2n) is 4.74. The molecule has 21 heavy (non-hydrogen) atoms. The molecule has 0 radical (unpaired) electrons. The van der Waals surface area contributed by atoms with Gasteiger partial charge in [-0.1, -0.05) is 6.08 Å². The number of carbonyl (C=O) groups excluding carboxylic acids is 2. The average Bonchev–Trinajstić information content (AvgIpc) is 2.92. The SMILES string of the molecule is COC(=O)/C(=C\C1CCSCC1)c1csc(NC(C)=O)n1. The number of carbonyl (C=O) groups is 2. The van der Waals surface area contributed by atoms with Crippen LogP contribution < -0.4 is 5.32 Å². The van der Waals surface area contributed by atoms with Gasteiger partial charge in [-0.15, -0.1) is 11.3 Å². The maximum absolute atomic E-state index is 12.0. The molecule has 0 aromatic carbocycles. The van der Waals surface area contributed by atoms with Gasteiger partial charge in [0.05, 0.1) is 18.4 Å². The van der Waals surface area contributed by atoms with Crippen LogP contribution in [0.2, 0.25) is 0 Å². The van der Waals surface area contributed by atoms with E-state index in [4.69, 9.17) is 4.74 Å². The van der Waals surface area contributed by atoms with Crippen LogP contribution in [0.5, 0.6) is 0 Å². The molecule has 1 fully saturated rings. The summed E-state index contributed by atoms with van der Waals surface area (Å²) < 4.78 is 4.86. The number of nitrogens with one attached hydrogen (secondary N) is 1. The highest BCUT2D eigenvalue weighted by atomic mass is 32.2. The average molecular weight is 326 g/mol. The predicted octanol–water partition coefficient (Wildman–Crippen LogP) is 2.80. The van der Waals surface area contributed by atoms with Gasteiger partial charge in [0.15, 0.2) is 5.13 Å². The van der Waals surface area contributed by atoms with E-state index in [0.717, 1.165) is 24.3 Å². The second-order valence-corrected chi connectivity index (χ2v) is 6.82. The minimum Gasteiger partial charge on any atom is -0.465 e. The number of allylic oxidation sites excluding steroid dienone is 1. The molecule has 0 bridgehead atoms. The van der Waals surface area contributed by atoms with E-state index in [2.05, 4.69) is 10.3 Å². The largest absolute Gasteiger partial charge is 0.465 e. The second kappa shape index (κ2) is 7.61. The third-order valence-electron chi connectivity index (χ3n) is 3.14. The van der Waals surface area contributed by atoms with E-state index in [0.29, 0.717) is 22.3 Å². The molecule has 2 rings (SSSR count). The van der Waals surface area contributed by atoms with Crippen molar-refractivity contribution in [3.63, 3.8) is 0 Å². The molecule has 1 aliphatic rings. The summed E-state index contributed by atoms with van der Waals surface area (Å²) >= 11 is 3.24. The summed E-state index contributed by atoms with van der Waals surface area (Å²) in [6.07, 6.45) is 4.10. The van der Waals surface area contributed by atoms with Gasteiger partial charge in [-0.05, 0) is 30.3 Å². The van der Waals surface area contributed by atoms with Crippen LogP contribution in [0.1, 0.15) is 25.5 Å². The summed E-state index contributed by atoms with van der Waals surface area (Å²) in [6.45, 7) is 1.43. The summed E-state index contributed by atoms with van der Waals surface area (Å²) in [4.78, 5) is 27.3. The smallest absolute Gasteiger partial charge is 0.339 e. The molecular formula is C14H18N2O3S2. The van der Waals surface area contributed by atoms with Gasteiger partial charge in [0.1, 0.15) is 0 Å². The highest BCUT2D eigenvalue weighted by molar-refractivity contribution is 7.99. The Morgan fingerprint density at radius 3 is 2.76 bits per heavy atom. The molecule has 0 unspecified atom stereocenters. The normalized spacial score (nSPS) is 16.6. The molecule has 0 atom stereocenters. The maximum atomic E-state index is 12.0. The lowest BCUT2D eigenvalue weighted by Crippen LogP contribution is -2.11. The molecule has 1 aliphatic heterocycles. The van der Waals surface area contributed by atoms with Gasteiger partial charge >= 0.3 is 5.97 Å². The Morgan fingerprint density at radius 2 is 2.14 bits per heavy atom. The van der Waals surface area contributed by atoms with Gasteiger partial charge < -0.3 is 10.1 Å². The number of hydrogen-bond acceptors (Lipinski definition) is 6. The Bertz CT molecular complexity index is 548. The fourth-order valence-corrected chi connectivity index (χ4v) is 3.99. The molecule has 7 heteroatoms. The van der Waals surface area contributed by atoms with Crippen molar-refractivity contribution in [1.29, 1.82) is 0 Å². The van der Waals surface area contributed by atoms with E-state index in [1.54, 1.807) is 5.38 Å². The first-order valence-electron chi connectivity index (χ1n) is 6.71. The number of esters is 1. The van der Waals surface area contributed by atoms with E-state index in [1.807, 2.05) is 17.8 Å². The number of rotatable bonds is 4. The zero-order valence-corrected chi connectivity index (χ0v) is 13.7. The summed E-state index contributed by atoms with van der Waals surface area (Å²) in [5.41, 5.74) is 1.05. The summed E-state index contributed by atoms with van der Waals surface area (Å²) in [5, 5.41) is 4.89. The van der Waals surface area contributed by atoms with E-state index in [1.165, 1.54) is 25.4 Å². The number of nitrogens with zero attached hydrogens (tertiary/aromatic N) is 1. The van der Waals surface area contributed by atoms with Crippen molar-refractivity contribution in [2.75, 3.05) is 23.9 Å². The van der Waals surface area contributed by atoms with E-state index < -0.39 is 0 Å². The number of ether oxygens (including phenoxy) is 1. The predicted molar refractivity (Wildman–Crippen MR) is 86.5 cm³/mol. The fraction of sp³-hybridized carbons (Fsp3) is 0.500. The minimum absolute atomic E-state index is 0.177. The van der Waals surface area contributed by atoms with Crippen LogP contribution in [-0.4, -0.2) is 35.5 Å². The van der Waals surface area contributed by atoms with Gasteiger partial charge in [-0.3, -0.25) is 4.79 Å². The van der Waals surface area contributed by atoms with E-state index in [9.17, 15) is 9.59 Å². The van der Waals surface area contributed by atoms with Crippen molar-refractivity contribution in [2.45, 2.75) is 19.8 Å². The quantitative estimate of drug-likeness (QED) is 0.680. The van der Waals surface area contributed by atoms with E-state index >= 15 is 0 Å². The molecular weight excluding hydrogens is 308 g/mol. The number of thioether (sulfide) groups is 1. The van der Waals surface area contributed by atoms with Gasteiger partial charge in [0, 0.05) is 12.3 Å². The number of methoxy groups -OCH3 is 1. The zero-order valence-electron chi connectivity index (χ0n) is 12.0. The maximum Gasteiger partial charge on any atom is 0.339 e. The topological polar surface area (TPSA) is 68.3 Å². The highest BCUT2D eigenvalue weighted by Gasteiger charge is 2.20. The Kier molecular flexibility index (Phi) is 5.81. The number of aromatic nitrogens is 1. The molecule has 1 N–H and O–H groups in total. The summed E-state index contributed by atoms with van der Waals surface area (Å²) in [7, 11) is 1.37. The molecule has 0 spiro atoms. The molecule has 5 nitrogen and oxygen atoms in total. The van der Waals surface area contributed by atoms with Crippen molar-refractivity contribution in [3.8, 4) is 0 Å². The minimum atomic E-state index is -0.382. The molecule has 2 heterocycles. The lowest BCUT2D eigenvalue weighted by Gasteiger charge is -2.18. The Balaban J connectivity index is 2.22. The van der Waals surface area contributed by atoms with Gasteiger partial charge in [0.25, 0.3) is 0 Å². The zero-order chi connectivity index (χ0) is 15.2. The van der Waals surface area contributed by atoms with Crippen molar-refractivity contribution in [3.05, 3.63) is 17.2 Å². The van der Waals surface area contributed by atoms with Crippen LogP contribution in [0.3, 0.4) is 0 Å². The van der Waals surface area contributed by atoms with Crippen LogP contribution >= 0.6 is 23.1 Å². The lowest BCUT2D eigenvalue weighted by atomic mass is 9.98. The first-order valence-corrected chi connectivity index (χ1v) is 8.75. The third-order valence-corrected chi connectivity index (χ3v) is 4.94. The van der Waals surface area contributed by atoms with Crippen molar-refractivity contribution < 1.29 is 14.3 Å². The molecule has 1 saturated heterocycles. The van der Waals surface area contributed by atoms with Gasteiger partial charge in [0.2, 0.25) is 5.91 Å². The number of anilines is 1. The Morgan fingerprint density at radius 1 is 1.43 bits per heavy atom. The Hall–Kier alpha value is -1.34. The first-order chi connectivity index (χ1) is 10.1. The molecule has 1 aromatic rings. The molecule has 1 amide bonds. The molecule has 0 saturated carbocycles. The number of amides is 1. The molecule has 114 valence electrons. The van der Waals surface area contributed by atoms with Crippen molar-refractivity contribution in [1.82, 2.24) is 4.98 Å².